The summed E-state index contributed by atoms with van der Waals surface area (Å²) in [6.07, 6.45) is 2.20. The maximum absolute atomic E-state index is 13.3. The van der Waals surface area contributed by atoms with Gasteiger partial charge in [-0.1, -0.05) is 11.6 Å². The van der Waals surface area contributed by atoms with Gasteiger partial charge in [-0.2, -0.15) is 0 Å². The van der Waals surface area contributed by atoms with Crippen LogP contribution in [-0.2, 0) is 0 Å². The van der Waals surface area contributed by atoms with Gasteiger partial charge in [0.1, 0.15) is 5.82 Å². The fraction of sp³-hybridized carbons (Fsp3) is 0. The molecule has 0 aliphatic rings. The first-order valence-corrected chi connectivity index (χ1v) is 5.06. The van der Waals surface area contributed by atoms with Crippen LogP contribution < -0.4 is 0 Å². The minimum Gasteiger partial charge on any atom is -0.288 e. The molecule has 1 aromatic carbocycles. The van der Waals surface area contributed by atoms with Gasteiger partial charge in [-0.05, 0) is 24.3 Å². The molecule has 0 radical (unpaired) electrons. The van der Waals surface area contributed by atoms with Crippen LogP contribution in [0.1, 0.15) is 15.9 Å². The lowest BCUT2D eigenvalue weighted by atomic mass is 10.0. The zero-order chi connectivity index (χ0) is 12.4. The Morgan fingerprint density at radius 3 is 2.65 bits per heavy atom. The Hall–Kier alpha value is -1.81. The van der Waals surface area contributed by atoms with E-state index in [-0.39, 0.29) is 16.1 Å². The smallest absolute Gasteiger partial charge is 0.197 e. The zero-order valence-corrected chi connectivity index (χ0v) is 9.21. The molecule has 2 nitrogen and oxygen atoms in total. The van der Waals surface area contributed by atoms with E-state index < -0.39 is 17.4 Å². The lowest BCUT2D eigenvalue weighted by Crippen LogP contribution is -2.05. The van der Waals surface area contributed by atoms with Crippen molar-refractivity contribution in [3.05, 3.63) is 64.4 Å². The van der Waals surface area contributed by atoms with Gasteiger partial charge < -0.3 is 0 Å². The molecular weight excluding hydrogens is 248 g/mol. The maximum Gasteiger partial charge on any atom is 0.197 e. The third-order valence-electron chi connectivity index (χ3n) is 2.19. The highest BCUT2D eigenvalue weighted by Crippen LogP contribution is 2.21. The standard InChI is InChI=1S/C12H6ClF2NO/c13-10-2-1-7(14)5-9(10)12(17)8-3-4-16-6-11(8)15/h1-6H. The number of ketones is 1. The molecule has 5 heteroatoms. The van der Waals surface area contributed by atoms with Gasteiger partial charge in [-0.3, -0.25) is 9.78 Å². The minimum absolute atomic E-state index is 0.0724. The van der Waals surface area contributed by atoms with Crippen LogP contribution in [0.3, 0.4) is 0 Å². The second-order valence-corrected chi connectivity index (χ2v) is 3.72. The average molecular weight is 254 g/mol. The Morgan fingerprint density at radius 2 is 1.94 bits per heavy atom. The molecule has 0 saturated heterocycles. The third kappa shape index (κ3) is 2.31. The number of halogens is 3. The van der Waals surface area contributed by atoms with Gasteiger partial charge in [0.2, 0.25) is 0 Å². The highest BCUT2D eigenvalue weighted by Gasteiger charge is 2.17. The Bertz CT molecular complexity index is 586. The first-order chi connectivity index (χ1) is 8.09. The second kappa shape index (κ2) is 4.59. The fourth-order valence-electron chi connectivity index (χ4n) is 1.38. The number of carbonyl (C=O) groups is 1. The molecule has 0 atom stereocenters. The Morgan fingerprint density at radius 1 is 1.18 bits per heavy atom. The molecule has 86 valence electrons. The first kappa shape index (κ1) is 11.7. The van der Waals surface area contributed by atoms with Crippen LogP contribution in [0.4, 0.5) is 8.78 Å². The second-order valence-electron chi connectivity index (χ2n) is 3.31. The number of rotatable bonds is 2. The summed E-state index contributed by atoms with van der Waals surface area (Å²) in [4.78, 5) is 15.4. The topological polar surface area (TPSA) is 30.0 Å². The van der Waals surface area contributed by atoms with Crippen LogP contribution >= 0.6 is 11.6 Å². The van der Waals surface area contributed by atoms with Gasteiger partial charge in [0, 0.05) is 11.8 Å². The molecule has 0 spiro atoms. The van der Waals surface area contributed by atoms with Crippen molar-refractivity contribution < 1.29 is 13.6 Å². The number of benzene rings is 1. The van der Waals surface area contributed by atoms with E-state index in [0.717, 1.165) is 18.3 Å². The van der Waals surface area contributed by atoms with Crippen molar-refractivity contribution in [3.8, 4) is 0 Å². The largest absolute Gasteiger partial charge is 0.288 e. The number of pyridine rings is 1. The van der Waals surface area contributed by atoms with Crippen molar-refractivity contribution in [2.24, 2.45) is 0 Å². The van der Waals surface area contributed by atoms with E-state index in [1.807, 2.05) is 0 Å². The van der Waals surface area contributed by atoms with Gasteiger partial charge in [0.25, 0.3) is 0 Å². The van der Waals surface area contributed by atoms with Crippen molar-refractivity contribution in [1.29, 1.82) is 0 Å². The summed E-state index contributed by atoms with van der Waals surface area (Å²) in [6, 6.07) is 4.58. The van der Waals surface area contributed by atoms with Crippen LogP contribution in [0.25, 0.3) is 0 Å². The molecule has 17 heavy (non-hydrogen) atoms. The van der Waals surface area contributed by atoms with E-state index >= 15 is 0 Å². The molecule has 0 fully saturated rings. The molecule has 0 unspecified atom stereocenters. The number of aromatic nitrogens is 1. The van der Waals surface area contributed by atoms with Gasteiger partial charge in [0.15, 0.2) is 11.6 Å². The monoisotopic (exact) mass is 253 g/mol. The van der Waals surface area contributed by atoms with E-state index in [1.165, 1.54) is 18.3 Å². The quantitative estimate of drug-likeness (QED) is 0.769. The van der Waals surface area contributed by atoms with E-state index in [0.29, 0.717) is 0 Å². The predicted molar refractivity (Wildman–Crippen MR) is 59.0 cm³/mol. The average Bonchev–Trinajstić information content (AvgIpc) is 2.32. The summed E-state index contributed by atoms with van der Waals surface area (Å²) < 4.78 is 26.3. The zero-order valence-electron chi connectivity index (χ0n) is 8.45. The Kier molecular flexibility index (Phi) is 3.15. The molecule has 0 aliphatic heterocycles. The molecule has 0 aliphatic carbocycles. The van der Waals surface area contributed by atoms with Crippen LogP contribution in [0.5, 0.6) is 0 Å². The summed E-state index contributed by atoms with van der Waals surface area (Å²) in [6.45, 7) is 0. The lowest BCUT2D eigenvalue weighted by molar-refractivity contribution is 0.103. The molecule has 2 aromatic rings. The Labute approximate surface area is 101 Å². The summed E-state index contributed by atoms with van der Waals surface area (Å²) in [5.74, 6) is -2.04. The highest BCUT2D eigenvalue weighted by atomic mass is 35.5. The van der Waals surface area contributed by atoms with Gasteiger partial charge in [0.05, 0.1) is 16.8 Å². The van der Waals surface area contributed by atoms with Crippen molar-refractivity contribution >= 4 is 17.4 Å². The molecule has 0 N–H and O–H groups in total. The van der Waals surface area contributed by atoms with E-state index in [2.05, 4.69) is 4.98 Å². The summed E-state index contributed by atoms with van der Waals surface area (Å²) >= 11 is 5.77. The number of hydrogen-bond donors (Lipinski definition) is 0. The lowest BCUT2D eigenvalue weighted by Gasteiger charge is -2.04. The predicted octanol–water partition coefficient (Wildman–Crippen LogP) is 3.24. The van der Waals surface area contributed by atoms with Crippen molar-refractivity contribution in [2.75, 3.05) is 0 Å². The molecule has 1 aromatic heterocycles. The van der Waals surface area contributed by atoms with E-state index in [9.17, 15) is 13.6 Å². The Balaban J connectivity index is 2.51. The number of carbonyl (C=O) groups excluding carboxylic acids is 1. The number of hydrogen-bond acceptors (Lipinski definition) is 2. The summed E-state index contributed by atoms with van der Waals surface area (Å²) in [7, 11) is 0. The van der Waals surface area contributed by atoms with Crippen molar-refractivity contribution in [2.45, 2.75) is 0 Å². The van der Waals surface area contributed by atoms with Crippen molar-refractivity contribution in [3.63, 3.8) is 0 Å². The summed E-state index contributed by atoms with van der Waals surface area (Å²) in [5, 5.41) is 0.0765. The number of nitrogens with zero attached hydrogens (tertiary/aromatic N) is 1. The first-order valence-electron chi connectivity index (χ1n) is 4.69. The molecule has 0 bridgehead atoms. The SMILES string of the molecule is O=C(c1ccncc1F)c1cc(F)ccc1Cl. The normalized spacial score (nSPS) is 10.3. The van der Waals surface area contributed by atoms with E-state index in [1.54, 1.807) is 0 Å². The third-order valence-corrected chi connectivity index (χ3v) is 2.52. The van der Waals surface area contributed by atoms with Gasteiger partial charge in [-0.25, -0.2) is 8.78 Å². The molecular formula is C12H6ClF2NO. The van der Waals surface area contributed by atoms with Gasteiger partial charge in [-0.15, -0.1) is 0 Å². The fourth-order valence-corrected chi connectivity index (χ4v) is 1.58. The molecule has 0 saturated carbocycles. The summed E-state index contributed by atoms with van der Waals surface area (Å²) in [5.41, 5.74) is -0.260. The van der Waals surface area contributed by atoms with Crippen LogP contribution in [0.15, 0.2) is 36.7 Å². The molecule has 0 amide bonds. The maximum atomic E-state index is 13.3. The van der Waals surface area contributed by atoms with Gasteiger partial charge >= 0.3 is 0 Å². The highest BCUT2D eigenvalue weighted by molar-refractivity contribution is 6.35. The minimum atomic E-state index is -0.766. The molecule has 1 heterocycles. The molecule has 2 rings (SSSR count). The van der Waals surface area contributed by atoms with Crippen molar-refractivity contribution in [1.82, 2.24) is 4.98 Å². The van der Waals surface area contributed by atoms with Crippen LogP contribution in [0, 0.1) is 11.6 Å². The van der Waals surface area contributed by atoms with E-state index in [4.69, 9.17) is 11.6 Å². The van der Waals surface area contributed by atoms with Crippen LogP contribution in [0.2, 0.25) is 5.02 Å². The van der Waals surface area contributed by atoms with Crippen LogP contribution in [-0.4, -0.2) is 10.8 Å².